The van der Waals surface area contributed by atoms with E-state index in [1.54, 1.807) is 12.1 Å². The zero-order valence-electron chi connectivity index (χ0n) is 26.4. The Morgan fingerprint density at radius 1 is 0.625 bits per heavy atom. The second-order valence-corrected chi connectivity index (χ2v) is 13.4. The molecule has 0 amide bonds. The fourth-order valence-corrected chi connectivity index (χ4v) is 6.82. The monoisotopic (exact) mass is 704 g/mol. The van der Waals surface area contributed by atoms with E-state index in [1.165, 1.54) is 45.6 Å². The Bertz CT molecular complexity index is 2270. The maximum atomic E-state index is 12.4. The van der Waals surface area contributed by atoms with Crippen LogP contribution < -0.4 is 59.1 Å². The molecule has 0 spiro atoms. The molecule has 2 N–H and O–H groups in total. The fraction of sp³-hybridized carbons (Fsp3) is 0.125. The molecule has 0 aliphatic heterocycles. The van der Waals surface area contributed by atoms with Gasteiger partial charge >= 0.3 is 59.1 Å². The predicted octanol–water partition coefficient (Wildman–Crippen LogP) is -1.78. The van der Waals surface area contributed by atoms with Gasteiger partial charge in [0.15, 0.2) is 0 Å². The van der Waals surface area contributed by atoms with Crippen LogP contribution >= 0.6 is 0 Å². The first-order valence-corrected chi connectivity index (χ1v) is 16.6. The molecule has 0 aliphatic rings. The maximum Gasteiger partial charge on any atom is 1.00 e. The second kappa shape index (κ2) is 14.6. The summed E-state index contributed by atoms with van der Waals surface area (Å²) < 4.78 is 77.1. The minimum absolute atomic E-state index is 0. The first-order valence-electron chi connectivity index (χ1n) is 13.8. The number of aryl methyl sites for hydroxylation is 2. The standard InChI is InChI=1S/C32H28N4O8S2.2Na/c1-19-3-11-25-27(13-19)35(17-37)31(33-25)23-9-7-21(29(15-23)45(39,40)41)5-6-22-8-10-24(16-30(22)46(42,43)44)32-34-26-12-4-20(2)14-28(26)36(32)18-38;;/h3-16,37-38H,17-18H2,1-2H3,(H,39,40,41)(H,42,43,44);;/q;2*+1/p-2. The predicted molar refractivity (Wildman–Crippen MR) is 169 cm³/mol. The molecule has 48 heavy (non-hydrogen) atoms. The maximum absolute atomic E-state index is 12.4. The summed E-state index contributed by atoms with van der Waals surface area (Å²) in [6.45, 7) is 2.85. The van der Waals surface area contributed by atoms with Gasteiger partial charge in [-0.3, -0.25) is 9.13 Å². The van der Waals surface area contributed by atoms with E-state index in [1.807, 2.05) is 38.1 Å². The summed E-state index contributed by atoms with van der Waals surface area (Å²) in [5.74, 6) is 0.478. The van der Waals surface area contributed by atoms with Crippen molar-refractivity contribution in [3.63, 3.8) is 0 Å². The summed E-state index contributed by atoms with van der Waals surface area (Å²) in [6, 6.07) is 18.9. The van der Waals surface area contributed by atoms with E-state index >= 15 is 0 Å². The van der Waals surface area contributed by atoms with E-state index in [2.05, 4.69) is 9.97 Å². The minimum Gasteiger partial charge on any atom is -0.744 e. The van der Waals surface area contributed by atoms with Gasteiger partial charge in [0.25, 0.3) is 0 Å². The van der Waals surface area contributed by atoms with Gasteiger partial charge in [-0.2, -0.15) is 0 Å². The average molecular weight is 705 g/mol. The Morgan fingerprint density at radius 3 is 1.33 bits per heavy atom. The molecule has 2 heterocycles. The van der Waals surface area contributed by atoms with Gasteiger partial charge < -0.3 is 19.3 Å². The van der Waals surface area contributed by atoms with Gasteiger partial charge in [0, 0.05) is 11.1 Å². The van der Waals surface area contributed by atoms with Crippen LogP contribution in [0.25, 0.3) is 57.0 Å². The molecular weight excluding hydrogens is 678 g/mol. The largest absolute Gasteiger partial charge is 1.00 e. The van der Waals surface area contributed by atoms with Gasteiger partial charge in [0.2, 0.25) is 0 Å². The van der Waals surface area contributed by atoms with E-state index in [4.69, 9.17) is 0 Å². The first kappa shape index (κ1) is 38.1. The zero-order valence-corrected chi connectivity index (χ0v) is 32.1. The van der Waals surface area contributed by atoms with E-state index < -0.39 is 43.5 Å². The molecule has 0 unspecified atom stereocenters. The number of imidazole rings is 2. The first-order chi connectivity index (χ1) is 21.8. The van der Waals surface area contributed by atoms with Crippen LogP contribution in [-0.4, -0.2) is 55.3 Å². The quantitative estimate of drug-likeness (QED) is 0.104. The molecular formula is C32H26N4Na2O8S2. The van der Waals surface area contributed by atoms with E-state index in [9.17, 15) is 36.2 Å². The molecule has 0 fully saturated rings. The van der Waals surface area contributed by atoms with Crippen LogP contribution in [0.15, 0.2) is 82.6 Å². The van der Waals surface area contributed by atoms with Crippen molar-refractivity contribution in [1.29, 1.82) is 0 Å². The van der Waals surface area contributed by atoms with Crippen molar-refractivity contribution in [2.45, 2.75) is 37.1 Å². The molecule has 6 aromatic rings. The third-order valence-corrected chi connectivity index (χ3v) is 9.40. The number of aliphatic hydroxyl groups excluding tert-OH is 2. The van der Waals surface area contributed by atoms with Crippen molar-refractivity contribution in [2.24, 2.45) is 0 Å². The SMILES string of the molecule is Cc1ccc2nc(-c3ccc(C=Cc4ccc(-c5nc6ccc(C)cc6n5CO)cc4S(=O)(=O)[O-])c(S(=O)(=O)[O-])c3)n(CO)c2c1.[Na+].[Na+]. The van der Waals surface area contributed by atoms with Crippen molar-refractivity contribution in [3.05, 3.63) is 95.1 Å². The van der Waals surface area contributed by atoms with Crippen LogP contribution in [0.1, 0.15) is 22.3 Å². The Labute approximate surface area is 320 Å². The molecule has 0 bridgehead atoms. The summed E-state index contributed by atoms with van der Waals surface area (Å²) in [6.07, 6.45) is 2.45. The third kappa shape index (κ3) is 7.40. The van der Waals surface area contributed by atoms with Crippen molar-refractivity contribution >= 4 is 54.5 Å². The number of rotatable bonds is 8. The number of nitrogens with zero attached hydrogens (tertiary/aromatic N) is 4. The minimum atomic E-state index is -5.05. The number of fused-ring (bicyclic) bond motifs is 2. The van der Waals surface area contributed by atoms with Crippen LogP contribution in [0.3, 0.4) is 0 Å². The van der Waals surface area contributed by atoms with Gasteiger partial charge in [-0.15, -0.1) is 0 Å². The molecule has 0 saturated carbocycles. The molecule has 16 heteroatoms. The Morgan fingerprint density at radius 2 is 1.00 bits per heavy atom. The molecule has 0 atom stereocenters. The second-order valence-electron chi connectivity index (χ2n) is 10.7. The average Bonchev–Trinajstić information content (AvgIpc) is 3.56. The van der Waals surface area contributed by atoms with Crippen LogP contribution in [0.5, 0.6) is 0 Å². The number of benzene rings is 4. The van der Waals surface area contributed by atoms with Crippen LogP contribution in [0, 0.1) is 13.8 Å². The number of hydrogen-bond acceptors (Lipinski definition) is 10. The van der Waals surface area contributed by atoms with Gasteiger partial charge in [0.1, 0.15) is 45.3 Å². The number of aliphatic hydroxyl groups is 2. The van der Waals surface area contributed by atoms with Gasteiger partial charge in [-0.1, -0.05) is 48.6 Å². The molecule has 0 radical (unpaired) electrons. The molecule has 4 aromatic carbocycles. The van der Waals surface area contributed by atoms with Crippen LogP contribution in [-0.2, 0) is 33.7 Å². The van der Waals surface area contributed by atoms with Crippen molar-refractivity contribution in [1.82, 2.24) is 19.1 Å². The van der Waals surface area contributed by atoms with Gasteiger partial charge in [-0.25, -0.2) is 26.8 Å². The molecule has 6 rings (SSSR count). The molecule has 236 valence electrons. The van der Waals surface area contributed by atoms with Crippen molar-refractivity contribution in [2.75, 3.05) is 0 Å². The Balaban J connectivity index is 0.00000260. The molecule has 0 aliphatic carbocycles. The summed E-state index contributed by atoms with van der Waals surface area (Å²) in [7, 11) is -10.1. The normalized spacial score (nSPS) is 12.0. The molecule has 2 aromatic heterocycles. The van der Waals surface area contributed by atoms with Crippen LogP contribution in [0.4, 0.5) is 0 Å². The molecule has 0 saturated heterocycles. The van der Waals surface area contributed by atoms with E-state index in [-0.39, 0.29) is 93.0 Å². The zero-order chi connectivity index (χ0) is 33.0. The topological polar surface area (TPSA) is 190 Å². The summed E-state index contributed by atoms with van der Waals surface area (Å²) in [5, 5.41) is 20.1. The third-order valence-electron chi connectivity index (χ3n) is 7.61. The molecule has 12 nitrogen and oxygen atoms in total. The number of aromatic nitrogens is 4. The Hall–Kier alpha value is -2.70. The Kier molecular flexibility index (Phi) is 11.6. The van der Waals surface area contributed by atoms with E-state index in [0.29, 0.717) is 22.1 Å². The summed E-state index contributed by atoms with van der Waals surface area (Å²) in [5.41, 5.74) is 4.59. The number of hydrogen-bond donors (Lipinski definition) is 2. The van der Waals surface area contributed by atoms with Gasteiger partial charge in [0.05, 0.1) is 31.9 Å². The summed E-state index contributed by atoms with van der Waals surface area (Å²) >= 11 is 0. The van der Waals surface area contributed by atoms with Crippen molar-refractivity contribution < 1.29 is 95.3 Å². The van der Waals surface area contributed by atoms with Crippen molar-refractivity contribution in [3.8, 4) is 22.8 Å². The summed E-state index contributed by atoms with van der Waals surface area (Å²) in [4.78, 5) is 7.80. The van der Waals surface area contributed by atoms with E-state index in [0.717, 1.165) is 23.3 Å². The van der Waals surface area contributed by atoms with Crippen LogP contribution in [0.2, 0.25) is 0 Å². The van der Waals surface area contributed by atoms with Gasteiger partial charge in [-0.05, 0) is 72.5 Å². The fourth-order valence-electron chi connectivity index (χ4n) is 5.43. The smallest absolute Gasteiger partial charge is 0.744 e.